The molecular weight excluding hydrogens is 232 g/mol. The van der Waals surface area contributed by atoms with Crippen LogP contribution in [0.2, 0.25) is 0 Å². The molecule has 108 valence electrons. The van der Waals surface area contributed by atoms with E-state index in [9.17, 15) is 0 Å². The Hall–Kier alpha value is -0.860. The van der Waals surface area contributed by atoms with Crippen LogP contribution in [0.5, 0.6) is 0 Å². The summed E-state index contributed by atoms with van der Waals surface area (Å²) in [5, 5.41) is 0. The molecule has 0 unspecified atom stereocenters. The van der Waals surface area contributed by atoms with E-state index in [2.05, 4.69) is 63.1 Å². The zero-order valence-corrected chi connectivity index (χ0v) is 13.4. The maximum atomic E-state index is 2.31. The van der Waals surface area contributed by atoms with E-state index in [1.165, 1.54) is 44.3 Å². The molecule has 0 amide bonds. The monoisotopic (exact) mass is 262 g/mol. The van der Waals surface area contributed by atoms with Gasteiger partial charge in [-0.1, -0.05) is 18.2 Å². The highest BCUT2D eigenvalue weighted by atomic mass is 15.0. The van der Waals surface area contributed by atoms with E-state index in [1.54, 1.807) is 11.1 Å². The maximum absolute atomic E-state index is 2.31. The van der Waals surface area contributed by atoms with E-state index >= 15 is 0 Å². The fourth-order valence-electron chi connectivity index (χ4n) is 2.51. The van der Waals surface area contributed by atoms with Crippen molar-refractivity contribution in [2.75, 3.05) is 41.3 Å². The summed E-state index contributed by atoms with van der Waals surface area (Å²) >= 11 is 0. The molecule has 1 rings (SSSR count). The zero-order valence-electron chi connectivity index (χ0n) is 13.4. The average Bonchev–Trinajstić information content (AvgIpc) is 2.31. The van der Waals surface area contributed by atoms with E-state index in [0.717, 1.165) is 0 Å². The van der Waals surface area contributed by atoms with Crippen LogP contribution in [0.25, 0.3) is 0 Å². The Labute approximate surface area is 119 Å². The molecule has 19 heavy (non-hydrogen) atoms. The van der Waals surface area contributed by atoms with Crippen molar-refractivity contribution in [2.24, 2.45) is 0 Å². The highest BCUT2D eigenvalue weighted by Gasteiger charge is 2.06. The van der Waals surface area contributed by atoms with Crippen LogP contribution in [0, 0.1) is 6.92 Å². The van der Waals surface area contributed by atoms with Gasteiger partial charge >= 0.3 is 0 Å². The largest absolute Gasteiger partial charge is 0.309 e. The molecule has 2 heteroatoms. The van der Waals surface area contributed by atoms with Crippen LogP contribution in [0.4, 0.5) is 0 Å². The second kappa shape index (κ2) is 8.34. The van der Waals surface area contributed by atoms with Crippen molar-refractivity contribution >= 4 is 0 Å². The molecule has 0 aromatic heterocycles. The van der Waals surface area contributed by atoms with Gasteiger partial charge in [-0.25, -0.2) is 0 Å². The van der Waals surface area contributed by atoms with Gasteiger partial charge < -0.3 is 9.80 Å². The van der Waals surface area contributed by atoms with E-state index in [1.807, 2.05) is 0 Å². The van der Waals surface area contributed by atoms with Crippen LogP contribution in [0.1, 0.15) is 29.5 Å². The van der Waals surface area contributed by atoms with Gasteiger partial charge in [0.2, 0.25) is 0 Å². The van der Waals surface area contributed by atoms with E-state index in [0.29, 0.717) is 0 Å². The summed E-state index contributed by atoms with van der Waals surface area (Å²) in [7, 11) is 8.59. The summed E-state index contributed by atoms with van der Waals surface area (Å²) < 4.78 is 0. The lowest BCUT2D eigenvalue weighted by molar-refractivity contribution is 0.397. The summed E-state index contributed by atoms with van der Waals surface area (Å²) in [6.07, 6.45) is 4.91. The lowest BCUT2D eigenvalue weighted by atomic mass is 9.95. The van der Waals surface area contributed by atoms with Crippen molar-refractivity contribution in [3.63, 3.8) is 0 Å². The summed E-state index contributed by atoms with van der Waals surface area (Å²) in [6.45, 7) is 4.59. The Balaban J connectivity index is 2.61. The number of rotatable bonds is 8. The normalized spacial score (nSPS) is 11.5. The third-order valence-corrected chi connectivity index (χ3v) is 3.59. The molecule has 0 saturated heterocycles. The lowest BCUT2D eigenvalue weighted by Gasteiger charge is -2.15. The minimum atomic E-state index is 1.17. The van der Waals surface area contributed by atoms with Crippen molar-refractivity contribution < 1.29 is 0 Å². The molecule has 1 aromatic carbocycles. The first kappa shape index (κ1) is 16.2. The Morgan fingerprint density at radius 2 is 1.42 bits per heavy atom. The molecular formula is C17H30N2. The van der Waals surface area contributed by atoms with E-state index in [-0.39, 0.29) is 0 Å². The van der Waals surface area contributed by atoms with Crippen molar-refractivity contribution in [3.05, 3.63) is 34.9 Å². The van der Waals surface area contributed by atoms with Gasteiger partial charge in [0.1, 0.15) is 0 Å². The predicted molar refractivity (Wildman–Crippen MR) is 84.9 cm³/mol. The molecule has 0 heterocycles. The number of benzene rings is 1. The number of aryl methyl sites for hydroxylation is 2. The molecule has 1 aromatic rings. The lowest BCUT2D eigenvalue weighted by Crippen LogP contribution is -2.15. The molecule has 0 aliphatic rings. The molecule has 0 fully saturated rings. The van der Waals surface area contributed by atoms with Gasteiger partial charge in [0.25, 0.3) is 0 Å². The minimum absolute atomic E-state index is 1.17. The Morgan fingerprint density at radius 1 is 0.842 bits per heavy atom. The second-order valence-corrected chi connectivity index (χ2v) is 6.03. The number of nitrogens with zero attached hydrogens (tertiary/aromatic N) is 2. The Kier molecular flexibility index (Phi) is 7.11. The summed E-state index contributed by atoms with van der Waals surface area (Å²) in [5.74, 6) is 0. The highest BCUT2D eigenvalue weighted by Crippen LogP contribution is 2.18. The van der Waals surface area contributed by atoms with Gasteiger partial charge in [-0.15, -0.1) is 0 Å². The second-order valence-electron chi connectivity index (χ2n) is 6.03. The first-order chi connectivity index (χ1) is 9.00. The van der Waals surface area contributed by atoms with Crippen molar-refractivity contribution in [1.29, 1.82) is 0 Å². The molecule has 0 N–H and O–H groups in total. The van der Waals surface area contributed by atoms with Crippen molar-refractivity contribution in [2.45, 2.75) is 32.6 Å². The number of hydrogen-bond donors (Lipinski definition) is 0. The van der Waals surface area contributed by atoms with Gasteiger partial charge in [-0.2, -0.15) is 0 Å². The first-order valence-electron chi connectivity index (χ1n) is 7.37. The van der Waals surface area contributed by atoms with Gasteiger partial charge in [0, 0.05) is 0 Å². The van der Waals surface area contributed by atoms with Crippen LogP contribution in [-0.2, 0) is 12.8 Å². The van der Waals surface area contributed by atoms with E-state index in [4.69, 9.17) is 0 Å². The summed E-state index contributed by atoms with van der Waals surface area (Å²) in [4.78, 5) is 4.53. The van der Waals surface area contributed by atoms with Crippen molar-refractivity contribution in [1.82, 2.24) is 9.80 Å². The molecule has 0 atom stereocenters. The van der Waals surface area contributed by atoms with Gasteiger partial charge in [0.15, 0.2) is 0 Å². The SMILES string of the molecule is Cc1cccc(CCCN(C)C)c1CCCN(C)C. The van der Waals surface area contributed by atoms with Crippen LogP contribution in [0.3, 0.4) is 0 Å². The highest BCUT2D eigenvalue weighted by molar-refractivity contribution is 5.34. The summed E-state index contributed by atoms with van der Waals surface area (Å²) in [6, 6.07) is 6.77. The molecule has 0 radical (unpaired) electrons. The van der Waals surface area contributed by atoms with E-state index < -0.39 is 0 Å². The maximum Gasteiger partial charge on any atom is -0.00217 e. The Morgan fingerprint density at radius 3 is 2.00 bits per heavy atom. The predicted octanol–water partition coefficient (Wildman–Crippen LogP) is 2.98. The van der Waals surface area contributed by atoms with Crippen LogP contribution in [0.15, 0.2) is 18.2 Å². The Bertz CT molecular complexity index is 370. The van der Waals surface area contributed by atoms with Crippen LogP contribution < -0.4 is 0 Å². The average molecular weight is 262 g/mol. The molecule has 0 bridgehead atoms. The number of hydrogen-bond acceptors (Lipinski definition) is 2. The third-order valence-electron chi connectivity index (χ3n) is 3.59. The van der Waals surface area contributed by atoms with Crippen LogP contribution in [-0.4, -0.2) is 51.1 Å². The fraction of sp³-hybridized carbons (Fsp3) is 0.647. The minimum Gasteiger partial charge on any atom is -0.309 e. The molecule has 0 saturated carbocycles. The zero-order chi connectivity index (χ0) is 14.3. The molecule has 0 aliphatic carbocycles. The summed E-state index contributed by atoms with van der Waals surface area (Å²) in [5.41, 5.74) is 4.60. The quantitative estimate of drug-likeness (QED) is 0.710. The standard InChI is InChI=1S/C17H30N2/c1-15-9-6-10-16(11-7-13-18(2)3)17(15)12-8-14-19(4)5/h6,9-10H,7-8,11-14H2,1-5H3. The third kappa shape index (κ3) is 6.22. The molecule has 0 aliphatic heterocycles. The fourth-order valence-corrected chi connectivity index (χ4v) is 2.51. The molecule has 2 nitrogen and oxygen atoms in total. The topological polar surface area (TPSA) is 6.48 Å². The van der Waals surface area contributed by atoms with Gasteiger partial charge in [-0.3, -0.25) is 0 Å². The van der Waals surface area contributed by atoms with Gasteiger partial charge in [-0.05, 0) is 90.6 Å². The van der Waals surface area contributed by atoms with Gasteiger partial charge in [0.05, 0.1) is 0 Å². The van der Waals surface area contributed by atoms with Crippen molar-refractivity contribution in [3.8, 4) is 0 Å². The smallest absolute Gasteiger partial charge is 0.00217 e. The molecule has 0 spiro atoms. The first-order valence-corrected chi connectivity index (χ1v) is 7.37. The van der Waals surface area contributed by atoms with Crippen LogP contribution >= 0.6 is 0 Å².